The third-order valence-corrected chi connectivity index (χ3v) is 4.98. The van der Waals surface area contributed by atoms with Crippen molar-refractivity contribution in [2.24, 2.45) is 5.73 Å². The molecule has 0 unspecified atom stereocenters. The Morgan fingerprint density at radius 2 is 1.84 bits per heavy atom. The van der Waals surface area contributed by atoms with E-state index in [2.05, 4.69) is 30.0 Å². The van der Waals surface area contributed by atoms with Gasteiger partial charge in [0.25, 0.3) is 5.91 Å². The van der Waals surface area contributed by atoms with Crippen molar-refractivity contribution in [1.82, 2.24) is 0 Å². The lowest BCUT2D eigenvalue weighted by Gasteiger charge is -2.37. The van der Waals surface area contributed by atoms with E-state index in [4.69, 9.17) is 10.5 Å². The van der Waals surface area contributed by atoms with Crippen LogP contribution in [-0.2, 0) is 4.74 Å². The van der Waals surface area contributed by atoms with E-state index >= 15 is 0 Å². The molecule has 0 radical (unpaired) electrons. The predicted molar refractivity (Wildman–Crippen MR) is 102 cm³/mol. The van der Waals surface area contributed by atoms with E-state index in [1.54, 1.807) is 0 Å². The van der Waals surface area contributed by atoms with Gasteiger partial charge in [-0.15, -0.1) is 0 Å². The molecule has 25 heavy (non-hydrogen) atoms. The van der Waals surface area contributed by atoms with Crippen LogP contribution in [0.4, 0.5) is 5.69 Å². The van der Waals surface area contributed by atoms with Crippen molar-refractivity contribution in [1.29, 1.82) is 0 Å². The number of nitrogens with zero attached hydrogens (tertiary/aromatic N) is 1. The van der Waals surface area contributed by atoms with Crippen LogP contribution < -0.4 is 10.6 Å². The van der Waals surface area contributed by atoms with Gasteiger partial charge in [0.05, 0.1) is 11.3 Å². The maximum Gasteiger partial charge on any atom is 0.251 e. The normalized spacial score (nSPS) is 15.1. The average molecular weight is 338 g/mol. The number of aryl methyl sites for hydroxylation is 1. The number of benzene rings is 2. The third kappa shape index (κ3) is 3.54. The highest BCUT2D eigenvalue weighted by atomic mass is 16.5. The summed E-state index contributed by atoms with van der Waals surface area (Å²) in [7, 11) is 0. The van der Waals surface area contributed by atoms with Crippen LogP contribution in [0, 0.1) is 6.92 Å². The number of anilines is 1. The fourth-order valence-electron chi connectivity index (χ4n) is 3.75. The fraction of sp³-hybridized carbons (Fsp3) is 0.381. The monoisotopic (exact) mass is 338 g/mol. The van der Waals surface area contributed by atoms with Gasteiger partial charge in [0.2, 0.25) is 0 Å². The minimum Gasteiger partial charge on any atom is -0.381 e. The maximum atomic E-state index is 12.3. The molecule has 0 bridgehead atoms. The highest BCUT2D eigenvalue weighted by Gasteiger charge is 2.27. The number of ether oxygens (including phenoxy) is 1. The summed E-state index contributed by atoms with van der Waals surface area (Å²) in [6.07, 6.45) is 1.93. The molecule has 1 fully saturated rings. The molecule has 1 aliphatic rings. The first kappa shape index (κ1) is 17.5. The van der Waals surface area contributed by atoms with Crippen molar-refractivity contribution >= 4 is 11.6 Å². The topological polar surface area (TPSA) is 55.6 Å². The van der Waals surface area contributed by atoms with Gasteiger partial charge in [0.1, 0.15) is 0 Å². The smallest absolute Gasteiger partial charge is 0.251 e. The SMILES string of the molecule is CCN(c1c(-c2ccccc2)ccc(C)c1C(N)=O)C1CCOCC1. The van der Waals surface area contributed by atoms with Crippen LogP contribution >= 0.6 is 0 Å². The molecule has 4 nitrogen and oxygen atoms in total. The van der Waals surface area contributed by atoms with Gasteiger partial charge in [-0.05, 0) is 37.8 Å². The lowest BCUT2D eigenvalue weighted by molar-refractivity contribution is 0.0846. The fourth-order valence-corrected chi connectivity index (χ4v) is 3.75. The van der Waals surface area contributed by atoms with Crippen LogP contribution in [0.5, 0.6) is 0 Å². The number of hydrogen-bond acceptors (Lipinski definition) is 3. The van der Waals surface area contributed by atoms with Crippen LogP contribution in [0.3, 0.4) is 0 Å². The van der Waals surface area contributed by atoms with Crippen LogP contribution in [0.1, 0.15) is 35.7 Å². The second kappa shape index (κ2) is 7.70. The number of nitrogens with two attached hydrogens (primary N) is 1. The van der Waals surface area contributed by atoms with Gasteiger partial charge in [-0.3, -0.25) is 4.79 Å². The number of hydrogen-bond donors (Lipinski definition) is 1. The van der Waals surface area contributed by atoms with E-state index in [1.807, 2.05) is 31.2 Å². The Kier molecular flexibility index (Phi) is 5.39. The average Bonchev–Trinajstić information content (AvgIpc) is 2.64. The standard InChI is InChI=1S/C21H26N2O2/c1-3-23(17-11-13-25-14-12-17)20-18(16-7-5-4-6-8-16)10-9-15(2)19(20)21(22)24/h4-10,17H,3,11-14H2,1-2H3,(H2,22,24). The van der Waals surface area contributed by atoms with Crippen LogP contribution in [0.25, 0.3) is 11.1 Å². The Labute approximate surface area is 149 Å². The van der Waals surface area contributed by atoms with Gasteiger partial charge in [0, 0.05) is 31.4 Å². The van der Waals surface area contributed by atoms with Crippen molar-refractivity contribution in [3.8, 4) is 11.1 Å². The van der Waals surface area contributed by atoms with E-state index in [0.717, 1.165) is 55.0 Å². The minimum absolute atomic E-state index is 0.362. The van der Waals surface area contributed by atoms with Crippen LogP contribution in [-0.4, -0.2) is 31.7 Å². The van der Waals surface area contributed by atoms with Gasteiger partial charge in [-0.25, -0.2) is 0 Å². The number of amides is 1. The second-order valence-electron chi connectivity index (χ2n) is 6.51. The molecule has 2 aromatic rings. The molecule has 0 aromatic heterocycles. The number of carbonyl (C=O) groups is 1. The largest absolute Gasteiger partial charge is 0.381 e. The first-order valence-electron chi connectivity index (χ1n) is 8.96. The molecular weight excluding hydrogens is 312 g/mol. The summed E-state index contributed by atoms with van der Waals surface area (Å²) in [5.74, 6) is -0.365. The molecule has 1 aliphatic heterocycles. The summed E-state index contributed by atoms with van der Waals surface area (Å²) in [4.78, 5) is 14.6. The predicted octanol–water partition coefficient (Wildman–Crippen LogP) is 3.77. The Balaban J connectivity index is 2.19. The molecule has 2 N–H and O–H groups in total. The molecule has 3 rings (SSSR count). The zero-order valence-corrected chi connectivity index (χ0v) is 15.0. The number of rotatable bonds is 5. The summed E-state index contributed by atoms with van der Waals surface area (Å²) in [6.45, 7) is 6.45. The lowest BCUT2D eigenvalue weighted by atomic mass is 9.93. The Bertz CT molecular complexity index is 737. The van der Waals surface area contributed by atoms with Crippen molar-refractivity contribution in [2.75, 3.05) is 24.7 Å². The molecule has 4 heteroatoms. The molecule has 1 saturated heterocycles. The Hall–Kier alpha value is -2.33. The van der Waals surface area contributed by atoms with Crippen molar-refractivity contribution in [2.45, 2.75) is 32.7 Å². The van der Waals surface area contributed by atoms with Crippen LogP contribution in [0.2, 0.25) is 0 Å². The molecule has 0 aliphatic carbocycles. The summed E-state index contributed by atoms with van der Waals surface area (Å²) in [6, 6.07) is 14.7. The van der Waals surface area contributed by atoms with Gasteiger partial charge >= 0.3 is 0 Å². The molecule has 2 aromatic carbocycles. The second-order valence-corrected chi connectivity index (χ2v) is 6.51. The highest BCUT2D eigenvalue weighted by Crippen LogP contribution is 2.38. The van der Waals surface area contributed by atoms with E-state index in [1.165, 1.54) is 0 Å². The zero-order valence-electron chi connectivity index (χ0n) is 15.0. The van der Waals surface area contributed by atoms with Crippen molar-refractivity contribution in [3.05, 3.63) is 53.6 Å². The zero-order chi connectivity index (χ0) is 17.8. The summed E-state index contributed by atoms with van der Waals surface area (Å²) >= 11 is 0. The number of carbonyl (C=O) groups excluding carboxylic acids is 1. The number of primary amides is 1. The van der Waals surface area contributed by atoms with Gasteiger partial charge in [0.15, 0.2) is 0 Å². The lowest BCUT2D eigenvalue weighted by Crippen LogP contribution is -2.41. The molecule has 0 saturated carbocycles. The molecule has 1 heterocycles. The highest BCUT2D eigenvalue weighted by molar-refractivity contribution is 6.04. The van der Waals surface area contributed by atoms with Crippen molar-refractivity contribution in [3.63, 3.8) is 0 Å². The Morgan fingerprint density at radius 1 is 1.16 bits per heavy atom. The first-order valence-corrected chi connectivity index (χ1v) is 8.96. The first-order chi connectivity index (χ1) is 12.1. The molecule has 1 amide bonds. The summed E-state index contributed by atoms with van der Waals surface area (Å²) in [5, 5.41) is 0. The van der Waals surface area contributed by atoms with E-state index in [9.17, 15) is 4.79 Å². The molecule has 0 spiro atoms. The van der Waals surface area contributed by atoms with Crippen molar-refractivity contribution < 1.29 is 9.53 Å². The Morgan fingerprint density at radius 3 is 2.44 bits per heavy atom. The van der Waals surface area contributed by atoms with E-state index in [-0.39, 0.29) is 5.91 Å². The summed E-state index contributed by atoms with van der Waals surface area (Å²) in [5.41, 5.74) is 10.5. The third-order valence-electron chi connectivity index (χ3n) is 4.98. The van der Waals surface area contributed by atoms with Gasteiger partial charge in [-0.1, -0.05) is 42.5 Å². The molecular formula is C21H26N2O2. The minimum atomic E-state index is -0.365. The van der Waals surface area contributed by atoms with E-state index in [0.29, 0.717) is 11.6 Å². The molecule has 0 atom stereocenters. The van der Waals surface area contributed by atoms with Gasteiger partial charge in [-0.2, -0.15) is 0 Å². The quantitative estimate of drug-likeness (QED) is 0.903. The van der Waals surface area contributed by atoms with Gasteiger partial charge < -0.3 is 15.4 Å². The molecule has 132 valence electrons. The maximum absolute atomic E-state index is 12.3. The van der Waals surface area contributed by atoms with E-state index < -0.39 is 0 Å². The van der Waals surface area contributed by atoms with Crippen LogP contribution in [0.15, 0.2) is 42.5 Å². The summed E-state index contributed by atoms with van der Waals surface area (Å²) < 4.78 is 5.53.